The van der Waals surface area contributed by atoms with Gasteiger partial charge >= 0.3 is 5.97 Å². The second kappa shape index (κ2) is 5.04. The van der Waals surface area contributed by atoms with Gasteiger partial charge in [-0.2, -0.15) is 0 Å². The summed E-state index contributed by atoms with van der Waals surface area (Å²) >= 11 is 0. The van der Waals surface area contributed by atoms with Crippen LogP contribution in [0.2, 0.25) is 0 Å². The third kappa shape index (κ3) is 2.29. The maximum atomic E-state index is 12.3. The van der Waals surface area contributed by atoms with Crippen molar-refractivity contribution >= 4 is 11.9 Å². The van der Waals surface area contributed by atoms with Gasteiger partial charge in [-0.3, -0.25) is 4.79 Å². The number of esters is 1. The number of rotatable bonds is 1. The Bertz CT molecular complexity index is 319. The van der Waals surface area contributed by atoms with Crippen LogP contribution in [0.5, 0.6) is 0 Å². The topological polar surface area (TPSA) is 58.6 Å². The van der Waals surface area contributed by atoms with Gasteiger partial charge in [-0.1, -0.05) is 6.92 Å². The van der Waals surface area contributed by atoms with Crippen LogP contribution >= 0.6 is 0 Å². The maximum Gasteiger partial charge on any atom is 0.328 e. The van der Waals surface area contributed by atoms with Crippen molar-refractivity contribution in [3.05, 3.63) is 0 Å². The van der Waals surface area contributed by atoms with Crippen LogP contribution in [0.25, 0.3) is 0 Å². The largest absolute Gasteiger partial charge is 0.467 e. The van der Waals surface area contributed by atoms with Gasteiger partial charge < -0.3 is 15.0 Å². The minimum atomic E-state index is -0.363. The number of methoxy groups -OCH3 is 1. The highest BCUT2D eigenvalue weighted by Gasteiger charge is 2.42. The monoisotopic (exact) mass is 240 g/mol. The van der Waals surface area contributed by atoms with E-state index in [1.54, 1.807) is 4.90 Å². The fourth-order valence-corrected chi connectivity index (χ4v) is 2.80. The molecule has 5 heteroatoms. The van der Waals surface area contributed by atoms with Crippen molar-refractivity contribution in [2.24, 2.45) is 5.92 Å². The molecule has 0 aromatic heterocycles. The van der Waals surface area contributed by atoms with Crippen LogP contribution in [0.15, 0.2) is 0 Å². The lowest BCUT2D eigenvalue weighted by Gasteiger charge is -2.33. The highest BCUT2D eigenvalue weighted by Crippen LogP contribution is 2.29. The van der Waals surface area contributed by atoms with E-state index < -0.39 is 0 Å². The number of nitrogens with one attached hydrogen (secondary N) is 1. The first-order chi connectivity index (χ1) is 8.15. The summed E-state index contributed by atoms with van der Waals surface area (Å²) in [5.74, 6) is -0.264. The third-order valence-electron chi connectivity index (χ3n) is 3.76. The SMILES string of the molecule is COC(=O)[C@@H]1CC[C@@H]2CCNC[C@H](C)C(=O)N21. The zero-order valence-corrected chi connectivity index (χ0v) is 10.4. The summed E-state index contributed by atoms with van der Waals surface area (Å²) in [6.45, 7) is 3.51. The molecule has 2 saturated heterocycles. The van der Waals surface area contributed by atoms with Gasteiger partial charge in [0.05, 0.1) is 7.11 Å². The second-order valence-electron chi connectivity index (χ2n) is 4.91. The van der Waals surface area contributed by atoms with Crippen molar-refractivity contribution in [2.75, 3.05) is 20.2 Å². The lowest BCUT2D eigenvalue weighted by Crippen LogP contribution is -2.51. The van der Waals surface area contributed by atoms with E-state index in [0.717, 1.165) is 25.8 Å². The van der Waals surface area contributed by atoms with Crippen molar-refractivity contribution < 1.29 is 14.3 Å². The minimum absolute atomic E-state index is 0.0666. The molecule has 2 aliphatic heterocycles. The van der Waals surface area contributed by atoms with Crippen LogP contribution in [-0.4, -0.2) is 49.1 Å². The lowest BCUT2D eigenvalue weighted by molar-refractivity contribution is -0.154. The van der Waals surface area contributed by atoms with Gasteiger partial charge in [-0.25, -0.2) is 4.79 Å². The molecule has 0 unspecified atom stereocenters. The van der Waals surface area contributed by atoms with E-state index in [9.17, 15) is 9.59 Å². The van der Waals surface area contributed by atoms with Crippen LogP contribution in [0.4, 0.5) is 0 Å². The van der Waals surface area contributed by atoms with Crippen molar-refractivity contribution in [1.82, 2.24) is 10.2 Å². The molecule has 0 aromatic carbocycles. The Morgan fingerprint density at radius 3 is 2.88 bits per heavy atom. The number of nitrogens with zero attached hydrogens (tertiary/aromatic N) is 1. The Kier molecular flexibility index (Phi) is 3.66. The smallest absolute Gasteiger partial charge is 0.328 e. The van der Waals surface area contributed by atoms with E-state index >= 15 is 0 Å². The molecule has 0 aromatic rings. The molecule has 0 aliphatic carbocycles. The predicted molar refractivity (Wildman–Crippen MR) is 62.3 cm³/mol. The molecule has 3 atom stereocenters. The van der Waals surface area contributed by atoms with Gasteiger partial charge in [0, 0.05) is 18.5 Å². The maximum absolute atomic E-state index is 12.3. The number of ether oxygens (including phenoxy) is 1. The summed E-state index contributed by atoms with van der Waals surface area (Å²) in [6.07, 6.45) is 2.56. The number of hydrogen-bond acceptors (Lipinski definition) is 4. The summed E-state index contributed by atoms with van der Waals surface area (Å²) in [7, 11) is 1.38. The molecule has 1 amide bonds. The Morgan fingerprint density at radius 2 is 2.18 bits per heavy atom. The number of amides is 1. The van der Waals surface area contributed by atoms with Crippen LogP contribution in [0.1, 0.15) is 26.2 Å². The number of carbonyl (C=O) groups is 2. The number of hydrogen-bond donors (Lipinski definition) is 1. The van der Waals surface area contributed by atoms with E-state index in [0.29, 0.717) is 6.54 Å². The molecule has 2 rings (SSSR count). The van der Waals surface area contributed by atoms with Crippen molar-refractivity contribution in [1.29, 1.82) is 0 Å². The molecule has 0 saturated carbocycles. The molecule has 0 spiro atoms. The first-order valence-corrected chi connectivity index (χ1v) is 6.26. The number of fused-ring (bicyclic) bond motifs is 1. The molecule has 17 heavy (non-hydrogen) atoms. The Balaban J connectivity index is 2.19. The van der Waals surface area contributed by atoms with Crippen molar-refractivity contribution in [3.8, 4) is 0 Å². The lowest BCUT2D eigenvalue weighted by atomic mass is 10.1. The van der Waals surface area contributed by atoms with Crippen LogP contribution < -0.4 is 5.32 Å². The Labute approximate surface area is 101 Å². The van der Waals surface area contributed by atoms with Gasteiger partial charge in [0.25, 0.3) is 0 Å². The zero-order chi connectivity index (χ0) is 12.4. The van der Waals surface area contributed by atoms with Gasteiger partial charge in [-0.05, 0) is 25.8 Å². The molecular formula is C12H20N2O3. The molecule has 0 bridgehead atoms. The van der Waals surface area contributed by atoms with Gasteiger partial charge in [0.2, 0.25) is 5.91 Å². The van der Waals surface area contributed by atoms with Crippen LogP contribution in [-0.2, 0) is 14.3 Å². The van der Waals surface area contributed by atoms with Crippen LogP contribution in [0.3, 0.4) is 0 Å². The number of carbonyl (C=O) groups excluding carboxylic acids is 2. The van der Waals surface area contributed by atoms with E-state index in [1.807, 2.05) is 6.92 Å². The average molecular weight is 240 g/mol. The van der Waals surface area contributed by atoms with E-state index in [2.05, 4.69) is 5.32 Å². The van der Waals surface area contributed by atoms with Crippen molar-refractivity contribution in [2.45, 2.75) is 38.3 Å². The van der Waals surface area contributed by atoms with Crippen LogP contribution in [0, 0.1) is 5.92 Å². The van der Waals surface area contributed by atoms with E-state index in [4.69, 9.17) is 4.74 Å². The summed E-state index contributed by atoms with van der Waals surface area (Å²) in [5, 5.41) is 3.27. The summed E-state index contributed by atoms with van der Waals surface area (Å²) in [6, 6.07) is -0.167. The molecule has 2 aliphatic rings. The zero-order valence-electron chi connectivity index (χ0n) is 10.4. The van der Waals surface area contributed by atoms with Gasteiger partial charge in [0.1, 0.15) is 6.04 Å². The summed E-state index contributed by atoms with van der Waals surface area (Å²) in [5.41, 5.74) is 0. The Morgan fingerprint density at radius 1 is 1.41 bits per heavy atom. The standard InChI is InChI=1S/C12H20N2O3/c1-8-7-13-6-5-9-3-4-10(12(16)17-2)14(9)11(8)15/h8-10,13H,3-7H2,1-2H3/t8-,9+,10-/m0/s1. The van der Waals surface area contributed by atoms with Crippen molar-refractivity contribution in [3.63, 3.8) is 0 Å². The molecule has 2 fully saturated rings. The second-order valence-corrected chi connectivity index (χ2v) is 4.91. The first-order valence-electron chi connectivity index (χ1n) is 6.26. The fourth-order valence-electron chi connectivity index (χ4n) is 2.80. The Hall–Kier alpha value is -1.10. The van der Waals surface area contributed by atoms with E-state index in [1.165, 1.54) is 7.11 Å². The average Bonchev–Trinajstić information content (AvgIpc) is 2.74. The normalized spacial score (nSPS) is 33.9. The fraction of sp³-hybridized carbons (Fsp3) is 0.833. The van der Waals surface area contributed by atoms with E-state index in [-0.39, 0.29) is 29.9 Å². The summed E-state index contributed by atoms with van der Waals surface area (Å²) < 4.78 is 4.79. The molecule has 2 heterocycles. The highest BCUT2D eigenvalue weighted by molar-refractivity contribution is 5.86. The molecule has 1 N–H and O–H groups in total. The minimum Gasteiger partial charge on any atom is -0.467 e. The third-order valence-corrected chi connectivity index (χ3v) is 3.76. The molecule has 0 radical (unpaired) electrons. The molecular weight excluding hydrogens is 220 g/mol. The first kappa shape index (κ1) is 12.4. The van der Waals surface area contributed by atoms with Gasteiger partial charge in [0.15, 0.2) is 0 Å². The summed E-state index contributed by atoms with van der Waals surface area (Å²) in [4.78, 5) is 25.8. The predicted octanol–water partition coefficient (Wildman–Crippen LogP) is 0.148. The molecule has 96 valence electrons. The molecule has 5 nitrogen and oxygen atoms in total. The highest BCUT2D eigenvalue weighted by atomic mass is 16.5. The van der Waals surface area contributed by atoms with Gasteiger partial charge in [-0.15, -0.1) is 0 Å². The quantitative estimate of drug-likeness (QED) is 0.663.